The Labute approximate surface area is 333 Å². The number of methoxy groups -OCH3 is 1. The van der Waals surface area contributed by atoms with Gasteiger partial charge in [0.25, 0.3) is 11.8 Å². The Hall–Kier alpha value is -5.72. The fourth-order valence-corrected chi connectivity index (χ4v) is 8.36. The summed E-state index contributed by atoms with van der Waals surface area (Å²) >= 11 is 0. The van der Waals surface area contributed by atoms with Gasteiger partial charge in [0.2, 0.25) is 5.91 Å². The summed E-state index contributed by atoms with van der Waals surface area (Å²) in [6.07, 6.45) is 6.45. The zero-order valence-electron chi connectivity index (χ0n) is 33.3. The molecule has 0 bridgehead atoms. The number of carbonyl (C=O) groups excluding carboxylic acids is 3. The molecule has 0 spiro atoms. The molecule has 2 atom stereocenters. The molecule has 12 heteroatoms. The third kappa shape index (κ3) is 7.23. The monoisotopic (exact) mass is 770 g/mol. The molecule has 12 nitrogen and oxygen atoms in total. The van der Waals surface area contributed by atoms with Crippen molar-refractivity contribution >= 4 is 46.7 Å². The third-order valence-electron chi connectivity index (χ3n) is 11.8. The van der Waals surface area contributed by atoms with E-state index < -0.39 is 0 Å². The summed E-state index contributed by atoms with van der Waals surface area (Å²) in [5, 5.41) is 0. The predicted octanol–water partition coefficient (Wildman–Crippen LogP) is 6.64. The first kappa shape index (κ1) is 38.2. The van der Waals surface area contributed by atoms with Gasteiger partial charge in [-0.05, 0) is 105 Å². The Bertz CT molecular complexity index is 2290. The molecule has 4 aliphatic rings. The molecular formula is C45H50N6O6. The number of nitrogens with two attached hydrogens (primary N) is 1. The van der Waals surface area contributed by atoms with Gasteiger partial charge >= 0.3 is 0 Å². The minimum absolute atomic E-state index is 0.0107. The van der Waals surface area contributed by atoms with E-state index in [-0.39, 0.29) is 35.3 Å². The normalized spacial score (nSPS) is 17.8. The van der Waals surface area contributed by atoms with Crippen molar-refractivity contribution in [3.05, 3.63) is 100 Å². The number of rotatable bonds is 12. The number of nitrogens with zero attached hydrogens (tertiary/aromatic N) is 4. The van der Waals surface area contributed by atoms with Crippen LogP contribution >= 0.6 is 0 Å². The van der Waals surface area contributed by atoms with Crippen molar-refractivity contribution in [1.82, 2.24) is 5.43 Å². The van der Waals surface area contributed by atoms with Crippen LogP contribution in [0.15, 0.2) is 71.7 Å². The molecule has 4 heterocycles. The highest BCUT2D eigenvalue weighted by Gasteiger charge is 2.39. The number of hydrogen-bond donors (Lipinski definition) is 2. The van der Waals surface area contributed by atoms with E-state index in [1.807, 2.05) is 85.3 Å². The van der Waals surface area contributed by atoms with E-state index in [9.17, 15) is 14.4 Å². The summed E-state index contributed by atoms with van der Waals surface area (Å²) < 4.78 is 18.1. The zero-order chi connectivity index (χ0) is 40.0. The van der Waals surface area contributed by atoms with Gasteiger partial charge in [-0.15, -0.1) is 0 Å². The van der Waals surface area contributed by atoms with Gasteiger partial charge < -0.3 is 24.0 Å². The number of hydrogen-bond acceptors (Lipinski definition) is 9. The largest absolute Gasteiger partial charge is 0.493 e. The van der Waals surface area contributed by atoms with Crippen molar-refractivity contribution in [2.75, 3.05) is 42.1 Å². The SMILES string of the molecule is COc1cc2c(cc1OCCCOc1cc3c(cc1C)C(=O)N1c4cc(N(C)C(=O)CCC(C)(C)NN)ccc4C[C@H]1CC3)N=C[C@@H]1Cc3ccccc3N1C2=O. The molecule has 0 radical (unpaired) electrons. The maximum Gasteiger partial charge on any atom is 0.261 e. The minimum Gasteiger partial charge on any atom is -0.493 e. The van der Waals surface area contributed by atoms with Crippen LogP contribution in [0.5, 0.6) is 17.2 Å². The Morgan fingerprint density at radius 2 is 1.65 bits per heavy atom. The number of anilines is 3. The van der Waals surface area contributed by atoms with E-state index in [0.717, 1.165) is 70.7 Å². The van der Waals surface area contributed by atoms with Gasteiger partial charge in [0, 0.05) is 72.8 Å². The van der Waals surface area contributed by atoms with Crippen LogP contribution in [0, 0.1) is 6.92 Å². The highest BCUT2D eigenvalue weighted by atomic mass is 16.5. The first-order valence-electron chi connectivity index (χ1n) is 19.7. The predicted molar refractivity (Wildman–Crippen MR) is 222 cm³/mol. The van der Waals surface area contributed by atoms with E-state index in [1.165, 1.54) is 0 Å². The van der Waals surface area contributed by atoms with Gasteiger partial charge in [-0.3, -0.25) is 35.5 Å². The van der Waals surface area contributed by atoms with Gasteiger partial charge in [-0.25, -0.2) is 0 Å². The number of hydrazine groups is 1. The van der Waals surface area contributed by atoms with Gasteiger partial charge in [-0.2, -0.15) is 0 Å². The first-order valence-corrected chi connectivity index (χ1v) is 19.7. The quantitative estimate of drug-likeness (QED) is 0.0929. The molecule has 0 unspecified atom stereocenters. The molecular weight excluding hydrogens is 721 g/mol. The number of ether oxygens (including phenoxy) is 3. The molecule has 3 N–H and O–H groups in total. The first-order chi connectivity index (χ1) is 27.5. The number of aliphatic imine (C=N–C) groups is 1. The smallest absolute Gasteiger partial charge is 0.261 e. The lowest BCUT2D eigenvalue weighted by Crippen LogP contribution is -2.45. The molecule has 0 aliphatic carbocycles. The van der Waals surface area contributed by atoms with Crippen LogP contribution in [0.2, 0.25) is 0 Å². The van der Waals surface area contributed by atoms with Crippen LogP contribution in [0.3, 0.4) is 0 Å². The summed E-state index contributed by atoms with van der Waals surface area (Å²) in [6.45, 7) is 6.66. The summed E-state index contributed by atoms with van der Waals surface area (Å²) in [5.74, 6) is 7.22. The average Bonchev–Trinajstić information content (AvgIpc) is 3.70. The molecule has 296 valence electrons. The topological polar surface area (TPSA) is 139 Å². The van der Waals surface area contributed by atoms with Crippen molar-refractivity contribution in [3.8, 4) is 17.2 Å². The molecule has 0 saturated heterocycles. The Balaban J connectivity index is 0.904. The second-order valence-electron chi connectivity index (χ2n) is 16.1. The number of carbonyl (C=O) groups is 3. The second kappa shape index (κ2) is 15.3. The molecule has 0 aromatic heterocycles. The van der Waals surface area contributed by atoms with Crippen LogP contribution in [0.25, 0.3) is 0 Å². The van der Waals surface area contributed by atoms with Gasteiger partial charge in [0.05, 0.1) is 37.6 Å². The lowest BCUT2D eigenvalue weighted by atomic mass is 9.98. The van der Waals surface area contributed by atoms with Gasteiger partial charge in [0.1, 0.15) is 5.75 Å². The number of benzene rings is 4. The molecule has 4 aliphatic heterocycles. The second-order valence-corrected chi connectivity index (χ2v) is 16.1. The molecule has 57 heavy (non-hydrogen) atoms. The van der Waals surface area contributed by atoms with Crippen LogP contribution in [-0.4, -0.2) is 68.9 Å². The summed E-state index contributed by atoms with van der Waals surface area (Å²) in [6, 6.07) is 21.3. The molecule has 0 saturated carbocycles. The van der Waals surface area contributed by atoms with Crippen molar-refractivity contribution in [2.45, 2.75) is 83.3 Å². The van der Waals surface area contributed by atoms with Crippen LogP contribution in [0.4, 0.5) is 22.7 Å². The number of amides is 3. The van der Waals surface area contributed by atoms with E-state index in [0.29, 0.717) is 60.8 Å². The highest BCUT2D eigenvalue weighted by molar-refractivity contribution is 6.15. The Morgan fingerprint density at radius 3 is 2.44 bits per heavy atom. The zero-order valence-corrected chi connectivity index (χ0v) is 33.3. The number of fused-ring (bicyclic) bond motifs is 8. The van der Waals surface area contributed by atoms with Gasteiger partial charge in [0.15, 0.2) is 11.5 Å². The summed E-state index contributed by atoms with van der Waals surface area (Å²) in [4.78, 5) is 51.2. The van der Waals surface area contributed by atoms with E-state index >= 15 is 0 Å². The fraction of sp³-hybridized carbons (Fsp3) is 0.378. The summed E-state index contributed by atoms with van der Waals surface area (Å²) in [7, 11) is 3.34. The minimum atomic E-state index is -0.351. The van der Waals surface area contributed by atoms with Crippen molar-refractivity contribution in [3.63, 3.8) is 0 Å². The van der Waals surface area contributed by atoms with E-state index in [1.54, 1.807) is 31.2 Å². The lowest BCUT2D eigenvalue weighted by molar-refractivity contribution is -0.118. The molecule has 4 aromatic rings. The maximum absolute atomic E-state index is 14.2. The lowest BCUT2D eigenvalue weighted by Gasteiger charge is -2.26. The van der Waals surface area contributed by atoms with Crippen molar-refractivity contribution in [2.24, 2.45) is 10.8 Å². The van der Waals surface area contributed by atoms with E-state index in [4.69, 9.17) is 25.0 Å². The van der Waals surface area contributed by atoms with Crippen LogP contribution in [0.1, 0.15) is 82.5 Å². The number of nitrogens with one attached hydrogen (secondary N) is 1. The molecule has 8 rings (SSSR count). The molecule has 3 amide bonds. The average molecular weight is 771 g/mol. The summed E-state index contributed by atoms with van der Waals surface area (Å²) in [5.41, 5.74) is 10.8. The van der Waals surface area contributed by atoms with Crippen LogP contribution < -0.4 is 40.2 Å². The maximum atomic E-state index is 14.2. The third-order valence-corrected chi connectivity index (χ3v) is 11.8. The number of aryl methyl sites for hydroxylation is 2. The molecule has 0 fully saturated rings. The van der Waals surface area contributed by atoms with Gasteiger partial charge in [-0.1, -0.05) is 24.3 Å². The number of para-hydroxylation sites is 1. The standard InChI is InChI=1S/C45H50N6O6/c1-27-19-34-28(11-14-32-20-30-12-13-31(23-38(30)50(32)43(34)53)49(4)42(52)15-16-45(2,3)48-46)22-39(27)56-17-8-18-57-41-25-36-35(24-40(41)55-5)44(54)51-33(26-47-36)21-29-9-6-7-10-37(29)51/h6-7,9-10,12-13,19,22-26,32-33,48H,8,11,14-18,20-21,46H2,1-5H3/t32-,33+/m1/s1. The van der Waals surface area contributed by atoms with Crippen molar-refractivity contribution < 1.29 is 28.6 Å². The van der Waals surface area contributed by atoms with Crippen LogP contribution in [-0.2, 0) is 24.1 Å². The highest BCUT2D eigenvalue weighted by Crippen LogP contribution is 2.43. The Morgan fingerprint density at radius 1 is 0.895 bits per heavy atom. The molecule has 4 aromatic carbocycles. The van der Waals surface area contributed by atoms with E-state index in [2.05, 4.69) is 11.5 Å². The Kier molecular flexibility index (Phi) is 10.3. The van der Waals surface area contributed by atoms with Crippen molar-refractivity contribution in [1.29, 1.82) is 0 Å². The fourth-order valence-electron chi connectivity index (χ4n) is 8.36.